The van der Waals surface area contributed by atoms with Crippen molar-refractivity contribution in [2.45, 2.75) is 38.5 Å². The summed E-state index contributed by atoms with van der Waals surface area (Å²) in [6, 6.07) is 5.26. The van der Waals surface area contributed by atoms with E-state index in [1.165, 1.54) is 25.0 Å². The molecule has 1 aromatic carbocycles. The highest BCUT2D eigenvalue weighted by molar-refractivity contribution is 5.54. The van der Waals surface area contributed by atoms with E-state index in [9.17, 15) is 13.2 Å². The summed E-state index contributed by atoms with van der Waals surface area (Å²) in [5.74, 6) is 0.720. The van der Waals surface area contributed by atoms with E-state index < -0.39 is 11.7 Å². The van der Waals surface area contributed by atoms with Gasteiger partial charge in [0.2, 0.25) is 11.7 Å². The van der Waals surface area contributed by atoms with Crippen LogP contribution in [0.3, 0.4) is 0 Å². The van der Waals surface area contributed by atoms with Crippen LogP contribution in [0.1, 0.15) is 31.2 Å². The fourth-order valence-corrected chi connectivity index (χ4v) is 3.14. The second kappa shape index (κ2) is 7.53. The van der Waals surface area contributed by atoms with Gasteiger partial charge in [0.15, 0.2) is 0 Å². The van der Waals surface area contributed by atoms with Gasteiger partial charge in [-0.25, -0.2) is 0 Å². The zero-order valence-electron chi connectivity index (χ0n) is 14.0. The van der Waals surface area contributed by atoms with Crippen LogP contribution in [0, 0.1) is 0 Å². The number of hydrogen-bond donors (Lipinski definition) is 1. The van der Waals surface area contributed by atoms with Crippen LogP contribution < -0.4 is 5.32 Å². The lowest BCUT2D eigenvalue weighted by Gasteiger charge is -2.22. The number of nitrogens with zero attached hydrogens (tertiary/aromatic N) is 3. The van der Waals surface area contributed by atoms with E-state index >= 15 is 0 Å². The van der Waals surface area contributed by atoms with Crippen LogP contribution >= 0.6 is 0 Å². The Bertz CT molecular complexity index is 684. The average Bonchev–Trinajstić information content (AvgIpc) is 3.23. The van der Waals surface area contributed by atoms with E-state index in [1.807, 2.05) is 0 Å². The monoisotopic (exact) mass is 354 g/mol. The van der Waals surface area contributed by atoms with E-state index in [4.69, 9.17) is 4.52 Å². The van der Waals surface area contributed by atoms with Gasteiger partial charge < -0.3 is 9.84 Å². The topological polar surface area (TPSA) is 54.2 Å². The third-order valence-electron chi connectivity index (χ3n) is 4.50. The zero-order chi connectivity index (χ0) is 17.9. The molecular formula is C17H21F3N4O. The van der Waals surface area contributed by atoms with Crippen molar-refractivity contribution in [3.05, 3.63) is 35.7 Å². The van der Waals surface area contributed by atoms with E-state index in [0.29, 0.717) is 29.9 Å². The first-order valence-electron chi connectivity index (χ1n) is 8.42. The van der Waals surface area contributed by atoms with Gasteiger partial charge in [0.05, 0.1) is 12.1 Å². The number of hydrogen-bond acceptors (Lipinski definition) is 5. The number of aromatic nitrogens is 2. The summed E-state index contributed by atoms with van der Waals surface area (Å²) in [6.45, 7) is 5.65. The summed E-state index contributed by atoms with van der Waals surface area (Å²) in [7, 11) is 0. The number of halogens is 3. The van der Waals surface area contributed by atoms with E-state index in [-0.39, 0.29) is 0 Å². The average molecular weight is 354 g/mol. The molecule has 3 rings (SSSR count). The Labute approximate surface area is 144 Å². The van der Waals surface area contributed by atoms with Gasteiger partial charge >= 0.3 is 6.18 Å². The first-order chi connectivity index (χ1) is 12.0. The molecule has 2 heterocycles. The lowest BCUT2D eigenvalue weighted by molar-refractivity contribution is -0.137. The predicted molar refractivity (Wildman–Crippen MR) is 86.7 cm³/mol. The molecule has 1 aliphatic heterocycles. The second-order valence-corrected chi connectivity index (χ2v) is 6.14. The van der Waals surface area contributed by atoms with Crippen LogP contribution in [0.25, 0.3) is 11.4 Å². The highest BCUT2D eigenvalue weighted by Crippen LogP contribution is 2.30. The molecule has 1 aromatic heterocycles. The fraction of sp³-hybridized carbons (Fsp3) is 0.529. The predicted octanol–water partition coefficient (Wildman–Crippen LogP) is 3.33. The smallest absolute Gasteiger partial charge is 0.338 e. The van der Waals surface area contributed by atoms with Crippen molar-refractivity contribution < 1.29 is 17.7 Å². The highest BCUT2D eigenvalue weighted by Gasteiger charge is 2.30. The third-order valence-corrected chi connectivity index (χ3v) is 4.50. The second-order valence-electron chi connectivity index (χ2n) is 6.14. The van der Waals surface area contributed by atoms with Crippen molar-refractivity contribution in [3.8, 4) is 11.4 Å². The van der Waals surface area contributed by atoms with Gasteiger partial charge in [0.25, 0.3) is 0 Å². The van der Waals surface area contributed by atoms with E-state index in [2.05, 4.69) is 27.3 Å². The molecule has 25 heavy (non-hydrogen) atoms. The summed E-state index contributed by atoms with van der Waals surface area (Å²) < 4.78 is 42.9. The summed E-state index contributed by atoms with van der Waals surface area (Å²) >= 11 is 0. The van der Waals surface area contributed by atoms with Gasteiger partial charge in [0, 0.05) is 18.2 Å². The lowest BCUT2D eigenvalue weighted by atomic mass is 10.1. The molecule has 0 aliphatic carbocycles. The molecule has 0 spiro atoms. The van der Waals surface area contributed by atoms with Crippen LogP contribution in [-0.2, 0) is 12.7 Å². The van der Waals surface area contributed by atoms with Crippen LogP contribution in [0.5, 0.6) is 0 Å². The summed E-state index contributed by atoms with van der Waals surface area (Å²) in [6.07, 6.45) is -1.95. The minimum atomic E-state index is -4.35. The number of benzene rings is 1. The quantitative estimate of drug-likeness (QED) is 0.862. The summed E-state index contributed by atoms with van der Waals surface area (Å²) in [4.78, 5) is 6.68. The number of rotatable bonds is 6. The Morgan fingerprint density at radius 2 is 2.04 bits per heavy atom. The zero-order valence-corrected chi connectivity index (χ0v) is 14.0. The first-order valence-corrected chi connectivity index (χ1v) is 8.42. The molecule has 136 valence electrons. The largest absolute Gasteiger partial charge is 0.416 e. The summed E-state index contributed by atoms with van der Waals surface area (Å²) in [5, 5.41) is 7.16. The molecule has 0 radical (unpaired) electrons. The molecule has 0 amide bonds. The van der Waals surface area contributed by atoms with Gasteiger partial charge in [-0.3, -0.25) is 4.90 Å². The van der Waals surface area contributed by atoms with Crippen LogP contribution in [0.15, 0.2) is 28.8 Å². The van der Waals surface area contributed by atoms with Gasteiger partial charge in [-0.1, -0.05) is 24.2 Å². The molecule has 2 aromatic rings. The van der Waals surface area contributed by atoms with Crippen molar-refractivity contribution in [1.29, 1.82) is 0 Å². The van der Waals surface area contributed by atoms with Crippen molar-refractivity contribution >= 4 is 0 Å². The van der Waals surface area contributed by atoms with Crippen LogP contribution in [-0.4, -0.2) is 40.7 Å². The van der Waals surface area contributed by atoms with E-state index in [1.54, 1.807) is 0 Å². The molecule has 1 fully saturated rings. The fourth-order valence-electron chi connectivity index (χ4n) is 3.14. The standard InChI is InChI=1S/C17H21F3N4O/c1-2-24-9-3-4-14(24)10-21-11-15-22-16(23-25-15)12-5-7-13(8-6-12)17(18,19)20/h5-8,14,21H,2-4,9-11H2,1H3. The molecule has 1 atom stereocenters. The Balaban J connectivity index is 1.55. The van der Waals surface area contributed by atoms with Gasteiger partial charge in [-0.2, -0.15) is 18.2 Å². The van der Waals surface area contributed by atoms with Crippen molar-refractivity contribution in [3.63, 3.8) is 0 Å². The molecule has 1 aliphatic rings. The molecule has 8 heteroatoms. The van der Waals surface area contributed by atoms with Crippen LogP contribution in [0.4, 0.5) is 13.2 Å². The number of alkyl halides is 3. The summed E-state index contributed by atoms with van der Waals surface area (Å²) in [5.41, 5.74) is -0.199. The minimum absolute atomic E-state index is 0.293. The molecule has 5 nitrogen and oxygen atoms in total. The first kappa shape index (κ1) is 17.9. The molecular weight excluding hydrogens is 333 g/mol. The molecule has 0 saturated carbocycles. The van der Waals surface area contributed by atoms with Crippen molar-refractivity contribution in [1.82, 2.24) is 20.4 Å². The Kier molecular flexibility index (Phi) is 5.39. The third kappa shape index (κ3) is 4.38. The molecule has 1 unspecified atom stereocenters. The van der Waals surface area contributed by atoms with E-state index in [0.717, 1.165) is 31.8 Å². The maximum Gasteiger partial charge on any atom is 0.416 e. The Morgan fingerprint density at radius 1 is 1.28 bits per heavy atom. The SMILES string of the molecule is CCN1CCCC1CNCc1nc(-c2ccc(C(F)(F)F)cc2)no1. The van der Waals surface area contributed by atoms with Gasteiger partial charge in [0.1, 0.15) is 0 Å². The normalized spacial score (nSPS) is 18.8. The van der Waals surface area contributed by atoms with Crippen molar-refractivity contribution in [2.24, 2.45) is 0 Å². The number of likely N-dealkylation sites (tertiary alicyclic amines) is 1. The molecule has 1 N–H and O–H groups in total. The highest BCUT2D eigenvalue weighted by atomic mass is 19.4. The van der Waals surface area contributed by atoms with Gasteiger partial charge in [-0.15, -0.1) is 0 Å². The Morgan fingerprint density at radius 3 is 2.72 bits per heavy atom. The maximum absolute atomic E-state index is 12.6. The minimum Gasteiger partial charge on any atom is -0.338 e. The number of nitrogens with one attached hydrogen (secondary N) is 1. The van der Waals surface area contributed by atoms with Gasteiger partial charge in [-0.05, 0) is 38.1 Å². The van der Waals surface area contributed by atoms with Crippen LogP contribution in [0.2, 0.25) is 0 Å². The Hall–Kier alpha value is -1.93. The maximum atomic E-state index is 12.6. The number of likely N-dealkylation sites (N-methyl/N-ethyl adjacent to an activating group) is 1. The van der Waals surface area contributed by atoms with Crippen molar-refractivity contribution in [2.75, 3.05) is 19.6 Å². The molecule has 0 bridgehead atoms. The molecule has 1 saturated heterocycles. The lowest BCUT2D eigenvalue weighted by Crippen LogP contribution is -2.37.